The molecule has 2 amide bonds. The predicted octanol–water partition coefficient (Wildman–Crippen LogP) is 1.04. The zero-order valence-electron chi connectivity index (χ0n) is 14.7. The number of alkyl carbamates (subject to hydrolysis) is 1. The molecule has 2 atom stereocenters. The van der Waals surface area contributed by atoms with E-state index in [1.165, 1.54) is 7.11 Å². The molecule has 0 bridgehead atoms. The monoisotopic (exact) mass is 352 g/mol. The zero-order valence-corrected chi connectivity index (χ0v) is 15.9. The number of methoxy groups -OCH3 is 1. The summed E-state index contributed by atoms with van der Waals surface area (Å²) >= 11 is 0. The zero-order chi connectivity index (χ0) is 18.5. The number of ether oxygens (including phenoxy) is 3. The fourth-order valence-corrected chi connectivity index (χ4v) is 1.31. The van der Waals surface area contributed by atoms with Crippen molar-refractivity contribution in [2.75, 3.05) is 26.6 Å². The van der Waals surface area contributed by atoms with Crippen LogP contribution in [0.15, 0.2) is 0 Å². The highest BCUT2D eigenvalue weighted by Gasteiger charge is 2.24. The summed E-state index contributed by atoms with van der Waals surface area (Å²) in [6.45, 7) is 8.78. The quantitative estimate of drug-likeness (QED) is 0.524. The van der Waals surface area contributed by atoms with Gasteiger partial charge in [-0.15, -0.1) is 9.24 Å². The topological polar surface area (TPSA) is 103 Å². The molecule has 0 aromatic heterocycles. The summed E-state index contributed by atoms with van der Waals surface area (Å²) in [6.07, 6.45) is -0.440. The van der Waals surface area contributed by atoms with E-state index in [1.54, 1.807) is 20.8 Å². The minimum atomic E-state index is -0.968. The SMILES string of the molecule is CC.COC(=O)CNC(=O)C(COCP)NC(=O)OC(C)(C)C. The van der Waals surface area contributed by atoms with E-state index in [0.29, 0.717) is 6.35 Å². The van der Waals surface area contributed by atoms with Gasteiger partial charge in [-0.1, -0.05) is 13.8 Å². The molecule has 136 valence electrons. The molecule has 0 radical (unpaired) electrons. The van der Waals surface area contributed by atoms with E-state index in [4.69, 9.17) is 9.47 Å². The van der Waals surface area contributed by atoms with Gasteiger partial charge in [0.25, 0.3) is 0 Å². The first-order valence-corrected chi connectivity index (χ1v) is 8.13. The first-order valence-electron chi connectivity index (χ1n) is 7.31. The van der Waals surface area contributed by atoms with Gasteiger partial charge < -0.3 is 24.8 Å². The van der Waals surface area contributed by atoms with Crippen molar-refractivity contribution in [3.63, 3.8) is 0 Å². The third kappa shape index (κ3) is 14.0. The van der Waals surface area contributed by atoms with Crippen LogP contribution in [0.2, 0.25) is 0 Å². The second kappa shape index (κ2) is 13.1. The molecule has 2 unspecified atom stereocenters. The Bertz CT molecular complexity index is 371. The van der Waals surface area contributed by atoms with Crippen molar-refractivity contribution in [3.05, 3.63) is 0 Å². The number of carbonyl (C=O) groups is 3. The number of hydrogen-bond acceptors (Lipinski definition) is 6. The molecule has 0 saturated heterocycles. The minimum absolute atomic E-state index is 0.0459. The fourth-order valence-electron chi connectivity index (χ4n) is 1.17. The van der Waals surface area contributed by atoms with Crippen molar-refractivity contribution in [1.29, 1.82) is 0 Å². The standard InChI is InChI=1S/C12H23N2O6P.C2H6/c1-12(2,3)20-11(17)14-8(6-19-7-21)10(16)13-5-9(15)18-4;1-2/h8H,5-7,21H2,1-4H3,(H,13,16)(H,14,17);1-2H3. The second-order valence-corrected chi connectivity index (χ2v) is 5.36. The van der Waals surface area contributed by atoms with Gasteiger partial charge in [0.1, 0.15) is 18.2 Å². The van der Waals surface area contributed by atoms with Crippen molar-refractivity contribution in [2.24, 2.45) is 0 Å². The Kier molecular flexibility index (Phi) is 13.6. The maximum absolute atomic E-state index is 11.9. The first kappa shape index (κ1) is 23.9. The lowest BCUT2D eigenvalue weighted by Gasteiger charge is -2.23. The van der Waals surface area contributed by atoms with Crippen LogP contribution in [0.3, 0.4) is 0 Å². The molecule has 9 heteroatoms. The van der Waals surface area contributed by atoms with Crippen LogP contribution in [0.1, 0.15) is 34.6 Å². The van der Waals surface area contributed by atoms with Gasteiger partial charge in [0.2, 0.25) is 5.91 Å². The van der Waals surface area contributed by atoms with Crippen molar-refractivity contribution >= 4 is 27.2 Å². The van der Waals surface area contributed by atoms with Crippen molar-refractivity contribution < 1.29 is 28.6 Å². The summed E-state index contributed by atoms with van der Waals surface area (Å²) in [4.78, 5) is 34.5. The molecular weight excluding hydrogens is 323 g/mol. The number of esters is 1. The van der Waals surface area contributed by atoms with Gasteiger partial charge in [0, 0.05) is 0 Å². The molecule has 0 aromatic carbocycles. The summed E-state index contributed by atoms with van der Waals surface area (Å²) in [5.41, 5.74) is -0.682. The normalized spacial score (nSPS) is 11.4. The molecule has 0 aliphatic heterocycles. The van der Waals surface area contributed by atoms with E-state index in [9.17, 15) is 14.4 Å². The van der Waals surface area contributed by atoms with Gasteiger partial charge in [-0.2, -0.15) is 0 Å². The van der Waals surface area contributed by atoms with E-state index in [-0.39, 0.29) is 13.2 Å². The van der Waals surface area contributed by atoms with Crippen molar-refractivity contribution in [1.82, 2.24) is 10.6 Å². The van der Waals surface area contributed by atoms with Gasteiger partial charge >= 0.3 is 12.1 Å². The maximum atomic E-state index is 11.9. The number of hydrogen-bond donors (Lipinski definition) is 2. The Hall–Kier alpha value is -1.40. The number of rotatable bonds is 7. The highest BCUT2D eigenvalue weighted by molar-refractivity contribution is 7.16. The molecule has 0 aromatic rings. The molecule has 8 nitrogen and oxygen atoms in total. The lowest BCUT2D eigenvalue weighted by molar-refractivity contribution is -0.141. The Morgan fingerprint density at radius 3 is 2.17 bits per heavy atom. The number of amides is 2. The van der Waals surface area contributed by atoms with Crippen LogP contribution in [0.25, 0.3) is 0 Å². The van der Waals surface area contributed by atoms with Gasteiger partial charge in [-0.25, -0.2) is 4.79 Å². The van der Waals surface area contributed by atoms with Crippen LogP contribution in [0.4, 0.5) is 4.79 Å². The summed E-state index contributed by atoms with van der Waals surface area (Å²) in [5.74, 6) is -1.16. The molecule has 0 rings (SSSR count). The minimum Gasteiger partial charge on any atom is -0.468 e. The van der Waals surface area contributed by atoms with Crippen LogP contribution < -0.4 is 10.6 Å². The van der Waals surface area contributed by atoms with Crippen molar-refractivity contribution in [2.45, 2.75) is 46.3 Å². The predicted molar refractivity (Wildman–Crippen MR) is 90.1 cm³/mol. The molecule has 0 aliphatic carbocycles. The van der Waals surface area contributed by atoms with Gasteiger partial charge in [0.15, 0.2) is 0 Å². The molecule has 23 heavy (non-hydrogen) atoms. The smallest absolute Gasteiger partial charge is 0.408 e. The summed E-state index contributed by atoms with van der Waals surface area (Å²) < 4.78 is 14.6. The van der Waals surface area contributed by atoms with E-state index in [1.807, 2.05) is 13.8 Å². The van der Waals surface area contributed by atoms with Gasteiger partial charge in [-0.05, 0) is 20.8 Å². The summed E-state index contributed by atoms with van der Waals surface area (Å²) in [5, 5.41) is 4.73. The van der Waals surface area contributed by atoms with Gasteiger partial charge in [-0.3, -0.25) is 9.59 Å². The highest BCUT2D eigenvalue weighted by atomic mass is 31.0. The lowest BCUT2D eigenvalue weighted by Crippen LogP contribution is -2.51. The molecule has 0 spiro atoms. The first-order chi connectivity index (χ1) is 10.7. The maximum Gasteiger partial charge on any atom is 0.408 e. The Morgan fingerprint density at radius 1 is 1.17 bits per heavy atom. The third-order valence-corrected chi connectivity index (χ3v) is 2.28. The third-order valence-electron chi connectivity index (χ3n) is 2.04. The molecule has 0 saturated carbocycles. The van der Waals surface area contributed by atoms with Crippen molar-refractivity contribution in [3.8, 4) is 0 Å². The number of carbonyl (C=O) groups excluding carboxylic acids is 3. The van der Waals surface area contributed by atoms with Crippen LogP contribution in [-0.2, 0) is 23.8 Å². The number of nitrogens with one attached hydrogen (secondary N) is 2. The molecule has 2 N–H and O–H groups in total. The highest BCUT2D eigenvalue weighted by Crippen LogP contribution is 2.06. The summed E-state index contributed by atoms with van der Waals surface area (Å²) in [6, 6.07) is -0.968. The lowest BCUT2D eigenvalue weighted by atomic mass is 10.2. The Balaban J connectivity index is 0. The van der Waals surface area contributed by atoms with E-state index in [2.05, 4.69) is 24.6 Å². The van der Waals surface area contributed by atoms with Crippen LogP contribution >= 0.6 is 9.24 Å². The molecular formula is C14H29N2O6P. The van der Waals surface area contributed by atoms with Crippen LogP contribution in [-0.4, -0.2) is 56.2 Å². The van der Waals surface area contributed by atoms with E-state index >= 15 is 0 Å². The molecule has 0 fully saturated rings. The Labute approximate surface area is 140 Å². The van der Waals surface area contributed by atoms with Gasteiger partial charge in [0.05, 0.1) is 20.1 Å². The molecule has 0 heterocycles. The average Bonchev–Trinajstić information content (AvgIpc) is 2.48. The van der Waals surface area contributed by atoms with E-state index in [0.717, 1.165) is 0 Å². The Morgan fingerprint density at radius 2 is 1.74 bits per heavy atom. The molecule has 0 aliphatic rings. The average molecular weight is 352 g/mol. The summed E-state index contributed by atoms with van der Waals surface area (Å²) in [7, 11) is 3.54. The van der Waals surface area contributed by atoms with E-state index < -0.39 is 29.6 Å². The largest absolute Gasteiger partial charge is 0.468 e. The second-order valence-electron chi connectivity index (χ2n) is 5.03. The van der Waals surface area contributed by atoms with Crippen LogP contribution in [0, 0.1) is 0 Å². The fraction of sp³-hybridized carbons (Fsp3) is 0.786. The van der Waals surface area contributed by atoms with Crippen LogP contribution in [0.5, 0.6) is 0 Å².